The summed E-state index contributed by atoms with van der Waals surface area (Å²) >= 11 is 0. The Bertz CT molecular complexity index is 1530. The van der Waals surface area contributed by atoms with E-state index in [0.29, 0.717) is 33.5 Å². The van der Waals surface area contributed by atoms with Crippen LogP contribution in [0.15, 0.2) is 72.9 Å². The molecular weight excluding hydrogens is 362 g/mol. The van der Waals surface area contributed by atoms with Crippen LogP contribution in [0.5, 0.6) is 0 Å². The van der Waals surface area contributed by atoms with Crippen LogP contribution in [0.3, 0.4) is 0 Å². The van der Waals surface area contributed by atoms with Crippen molar-refractivity contribution in [3.63, 3.8) is 0 Å². The molecule has 0 N–H and O–H groups in total. The fourth-order valence-corrected chi connectivity index (χ4v) is 3.87. The maximum absolute atomic E-state index is 8.21. The van der Waals surface area contributed by atoms with E-state index >= 15 is 0 Å². The van der Waals surface area contributed by atoms with Crippen molar-refractivity contribution in [1.82, 2.24) is 0 Å². The molecule has 1 heterocycles. The van der Waals surface area contributed by atoms with Gasteiger partial charge in [0.25, 0.3) is 0 Å². The molecule has 1 heteroatoms. The van der Waals surface area contributed by atoms with Crippen molar-refractivity contribution in [2.45, 2.75) is 34.4 Å². The molecule has 0 unspecified atom stereocenters. The normalized spacial score (nSPS) is 16.7. The second-order valence-corrected chi connectivity index (χ2v) is 7.72. The summed E-state index contributed by atoms with van der Waals surface area (Å²) < 4.78 is 75.1. The maximum atomic E-state index is 8.21. The Morgan fingerprint density at radius 3 is 2.10 bits per heavy atom. The summed E-state index contributed by atoms with van der Waals surface area (Å²) in [6.45, 7) is -3.69. The van der Waals surface area contributed by atoms with Crippen molar-refractivity contribution in [1.29, 1.82) is 0 Å². The van der Waals surface area contributed by atoms with Gasteiger partial charge in [-0.05, 0) is 79.4 Å². The quantitative estimate of drug-likeness (QED) is 0.324. The molecule has 0 aliphatic carbocycles. The third-order valence-corrected chi connectivity index (χ3v) is 5.46. The van der Waals surface area contributed by atoms with E-state index in [0.717, 1.165) is 11.1 Å². The largest absolute Gasteiger partial charge is 0.213 e. The van der Waals surface area contributed by atoms with Gasteiger partial charge in [-0.1, -0.05) is 60.2 Å². The number of hydrogen-bond donors (Lipinski definition) is 0. The highest BCUT2D eigenvalue weighted by atomic mass is 14.9. The van der Waals surface area contributed by atoms with Gasteiger partial charge < -0.3 is 0 Å². The predicted octanol–water partition coefficient (Wildman–Crippen LogP) is 7.05. The van der Waals surface area contributed by atoms with E-state index in [4.69, 9.17) is 12.3 Å². The van der Waals surface area contributed by atoms with Gasteiger partial charge in [0.1, 0.15) is 7.05 Å². The highest BCUT2D eigenvalue weighted by molar-refractivity contribution is 5.79. The van der Waals surface area contributed by atoms with Crippen molar-refractivity contribution >= 4 is 0 Å². The van der Waals surface area contributed by atoms with Gasteiger partial charge in [-0.3, -0.25) is 0 Å². The lowest BCUT2D eigenvalue weighted by Gasteiger charge is -2.14. The minimum absolute atomic E-state index is 0.0307. The van der Waals surface area contributed by atoms with Gasteiger partial charge >= 0.3 is 0 Å². The molecule has 150 valence electrons. The van der Waals surface area contributed by atoms with Crippen LogP contribution < -0.4 is 4.57 Å². The first kappa shape index (κ1) is 11.9. The number of benzene rings is 3. The lowest BCUT2D eigenvalue weighted by Crippen LogP contribution is -2.31. The third kappa shape index (κ3) is 3.68. The maximum Gasteiger partial charge on any atom is 0.213 e. The highest BCUT2D eigenvalue weighted by Gasteiger charge is 2.19. The summed E-state index contributed by atoms with van der Waals surface area (Å²) in [6, 6.07) is 19.4. The van der Waals surface area contributed by atoms with Gasteiger partial charge in [-0.15, -0.1) is 0 Å². The van der Waals surface area contributed by atoms with Crippen LogP contribution in [0.25, 0.3) is 33.5 Å². The zero-order chi connectivity index (χ0) is 28.9. The molecule has 1 nitrogen and oxygen atoms in total. The van der Waals surface area contributed by atoms with E-state index < -0.39 is 20.6 Å². The topological polar surface area (TPSA) is 3.88 Å². The predicted molar refractivity (Wildman–Crippen MR) is 128 cm³/mol. The molecule has 0 spiro atoms. The van der Waals surface area contributed by atoms with Crippen molar-refractivity contribution in [3.05, 3.63) is 101 Å². The van der Waals surface area contributed by atoms with Crippen LogP contribution in [0.4, 0.5) is 0 Å². The van der Waals surface area contributed by atoms with Gasteiger partial charge in [-0.25, -0.2) is 4.57 Å². The first-order valence-electron chi connectivity index (χ1n) is 14.3. The Hall–Kier alpha value is -3.19. The van der Waals surface area contributed by atoms with Gasteiger partial charge in [0.05, 0.1) is 0 Å². The molecule has 3 aromatic carbocycles. The summed E-state index contributed by atoms with van der Waals surface area (Å²) in [4.78, 5) is 0. The van der Waals surface area contributed by atoms with Crippen molar-refractivity contribution in [3.8, 4) is 33.5 Å². The lowest BCUT2D eigenvalue weighted by molar-refractivity contribution is -0.660. The van der Waals surface area contributed by atoms with E-state index in [9.17, 15) is 0 Å². The third-order valence-electron chi connectivity index (χ3n) is 5.46. The molecule has 0 amide bonds. The van der Waals surface area contributed by atoms with E-state index in [1.54, 1.807) is 48.9 Å². The monoisotopic (exact) mass is 401 g/mol. The molecule has 0 bridgehead atoms. The van der Waals surface area contributed by atoms with Gasteiger partial charge in [0.2, 0.25) is 5.69 Å². The molecule has 4 rings (SSSR count). The number of rotatable bonds is 3. The standard InChI is InChI=1S/C29H30N/c1-19-12-13-25(20(2)14-19)27-17-29(30(6)18-23(27)5)28-16-26(21(3)15-22(28)4)24-10-8-7-9-11-24/h7-18H,1-6H3/q+1/i2D3,3D3,5D3. The number of aromatic nitrogens is 1. The zero-order valence-corrected chi connectivity index (χ0v) is 17.4. The molecule has 0 fully saturated rings. The number of nitrogens with zero attached hydrogens (tertiary/aromatic N) is 1. The summed E-state index contributed by atoms with van der Waals surface area (Å²) in [5.41, 5.74) is 5.05. The van der Waals surface area contributed by atoms with E-state index in [1.165, 1.54) is 6.20 Å². The molecule has 0 aliphatic heterocycles. The molecule has 0 aliphatic rings. The van der Waals surface area contributed by atoms with Crippen LogP contribution in [0, 0.1) is 34.4 Å². The van der Waals surface area contributed by atoms with Crippen molar-refractivity contribution in [2.75, 3.05) is 0 Å². The average molecular weight is 402 g/mol. The Morgan fingerprint density at radius 2 is 1.37 bits per heavy atom. The summed E-state index contributed by atoms with van der Waals surface area (Å²) in [5.74, 6) is 0. The molecule has 0 saturated carbocycles. The SMILES string of the molecule is [2H]C([2H])([2H])c1cc(C)c(-c2cc(-c3ccc(C)cc3C([2H])([2H])[2H])c(C([2H])([2H])[2H])c[n+]2C)cc1-c1ccccc1. The summed E-state index contributed by atoms with van der Waals surface area (Å²) in [6.07, 6.45) is 1.51. The molecule has 1 aromatic heterocycles. The Balaban J connectivity index is 2.08. The van der Waals surface area contributed by atoms with Crippen molar-refractivity contribution < 1.29 is 16.9 Å². The van der Waals surface area contributed by atoms with E-state index in [-0.39, 0.29) is 16.7 Å². The Labute approximate surface area is 193 Å². The van der Waals surface area contributed by atoms with Crippen LogP contribution in [0.2, 0.25) is 0 Å². The smallest absolute Gasteiger partial charge is 0.201 e. The first-order valence-corrected chi connectivity index (χ1v) is 9.85. The van der Waals surface area contributed by atoms with Crippen LogP contribution in [-0.2, 0) is 7.05 Å². The molecular formula is C29H30N+. The van der Waals surface area contributed by atoms with Gasteiger partial charge in [0, 0.05) is 29.5 Å². The first-order chi connectivity index (χ1) is 18.0. The van der Waals surface area contributed by atoms with E-state index in [2.05, 4.69) is 0 Å². The second kappa shape index (κ2) is 7.91. The number of aryl methyl sites for hydroxylation is 6. The molecule has 0 radical (unpaired) electrons. The van der Waals surface area contributed by atoms with Crippen LogP contribution in [-0.4, -0.2) is 0 Å². The number of hydrogen-bond acceptors (Lipinski definition) is 0. The fraction of sp³-hybridized carbons (Fsp3) is 0.207. The lowest BCUT2D eigenvalue weighted by atomic mass is 9.91. The second-order valence-electron chi connectivity index (χ2n) is 7.72. The minimum Gasteiger partial charge on any atom is -0.201 e. The molecule has 4 aromatic rings. The Kier molecular flexibility index (Phi) is 3.13. The average Bonchev–Trinajstić information content (AvgIpc) is 2.83. The van der Waals surface area contributed by atoms with Crippen molar-refractivity contribution in [2.24, 2.45) is 7.05 Å². The van der Waals surface area contributed by atoms with Crippen LogP contribution >= 0.6 is 0 Å². The zero-order valence-electron chi connectivity index (χ0n) is 26.4. The van der Waals surface area contributed by atoms with Gasteiger partial charge in [0.15, 0.2) is 6.20 Å². The molecule has 0 saturated heterocycles. The molecule has 30 heavy (non-hydrogen) atoms. The highest BCUT2D eigenvalue weighted by Crippen LogP contribution is 2.34. The minimum atomic E-state index is -2.50. The molecule has 0 atom stereocenters. The van der Waals surface area contributed by atoms with Crippen LogP contribution in [0.1, 0.15) is 40.2 Å². The summed E-state index contributed by atoms with van der Waals surface area (Å²) in [7, 11) is 1.73. The fourth-order valence-electron chi connectivity index (χ4n) is 3.87. The van der Waals surface area contributed by atoms with Gasteiger partial charge in [-0.2, -0.15) is 0 Å². The Morgan fingerprint density at radius 1 is 0.633 bits per heavy atom. The van der Waals surface area contributed by atoms with E-state index in [1.807, 2.05) is 43.3 Å². The summed E-state index contributed by atoms with van der Waals surface area (Å²) in [5, 5.41) is 0. The number of pyridine rings is 1.